The van der Waals surface area contributed by atoms with Crippen LogP contribution in [0.1, 0.15) is 43.2 Å². The van der Waals surface area contributed by atoms with Gasteiger partial charge in [-0.2, -0.15) is 13.2 Å². The first-order valence-electron chi connectivity index (χ1n) is 11.3. The maximum absolute atomic E-state index is 12.7. The molecule has 36 heavy (non-hydrogen) atoms. The van der Waals surface area contributed by atoms with Crippen LogP contribution in [0.5, 0.6) is 5.75 Å². The van der Waals surface area contributed by atoms with Gasteiger partial charge < -0.3 is 15.0 Å². The van der Waals surface area contributed by atoms with Crippen molar-refractivity contribution < 1.29 is 35.9 Å². The molecule has 1 aliphatic carbocycles. The summed E-state index contributed by atoms with van der Waals surface area (Å²) < 4.78 is 80.2. The molecule has 1 heterocycles. The van der Waals surface area contributed by atoms with Crippen LogP contribution in [-0.4, -0.2) is 67.2 Å². The van der Waals surface area contributed by atoms with Crippen LogP contribution in [-0.2, 0) is 11.3 Å². The third-order valence-electron chi connectivity index (χ3n) is 5.55. The first kappa shape index (κ1) is 27.5. The number of amides is 1. The van der Waals surface area contributed by atoms with Gasteiger partial charge in [-0.05, 0) is 62.1 Å². The molecule has 1 aliphatic heterocycles. The van der Waals surface area contributed by atoms with Gasteiger partial charge in [-0.3, -0.25) is 9.69 Å². The Labute approximate surface area is 204 Å². The van der Waals surface area contributed by atoms with Gasteiger partial charge in [-0.15, -0.1) is 13.2 Å². The van der Waals surface area contributed by atoms with Gasteiger partial charge in [-0.25, -0.2) is 9.98 Å². The number of aliphatic imine (C=N–C) groups is 2. The van der Waals surface area contributed by atoms with E-state index >= 15 is 0 Å². The molecule has 1 aromatic carbocycles. The summed E-state index contributed by atoms with van der Waals surface area (Å²) in [5, 5.41) is 2.85. The molecule has 198 valence electrons. The van der Waals surface area contributed by atoms with E-state index in [0.29, 0.717) is 18.5 Å². The number of hydrogen-bond acceptors (Lipinski definition) is 4. The van der Waals surface area contributed by atoms with Crippen LogP contribution < -0.4 is 10.1 Å². The fourth-order valence-corrected chi connectivity index (χ4v) is 3.84. The Kier molecular flexibility index (Phi) is 8.64. The number of nitrogens with zero attached hydrogens (tertiary/aromatic N) is 4. The van der Waals surface area contributed by atoms with Crippen molar-refractivity contribution in [3.63, 3.8) is 0 Å². The monoisotopic (exact) mass is 519 g/mol. The minimum Gasteiger partial charge on any atom is -0.406 e. The Bertz CT molecular complexity index is 1020. The van der Waals surface area contributed by atoms with Crippen LogP contribution in [0.15, 0.2) is 40.0 Å². The lowest BCUT2D eigenvalue weighted by Crippen LogP contribution is -2.50. The summed E-state index contributed by atoms with van der Waals surface area (Å²) in [6.45, 7) is 4.29. The second kappa shape index (κ2) is 11.3. The highest BCUT2D eigenvalue weighted by Gasteiger charge is 2.34. The molecule has 2 aliphatic rings. The van der Waals surface area contributed by atoms with Gasteiger partial charge in [0.2, 0.25) is 5.96 Å². The molecule has 7 nitrogen and oxygen atoms in total. The van der Waals surface area contributed by atoms with Crippen molar-refractivity contribution >= 4 is 18.6 Å². The average Bonchev–Trinajstić information content (AvgIpc) is 3.62. The van der Waals surface area contributed by atoms with Crippen LogP contribution in [0, 0.1) is 0 Å². The number of hydrogen-bond donors (Lipinski definition) is 1. The van der Waals surface area contributed by atoms with Crippen LogP contribution in [0.2, 0.25) is 0 Å². The molecule has 13 heteroatoms. The van der Waals surface area contributed by atoms with E-state index in [0.717, 1.165) is 23.3 Å². The Balaban J connectivity index is 1.63. The first-order valence-corrected chi connectivity index (χ1v) is 11.3. The van der Waals surface area contributed by atoms with Gasteiger partial charge in [0, 0.05) is 31.4 Å². The Morgan fingerprint density at radius 1 is 1.19 bits per heavy atom. The van der Waals surface area contributed by atoms with E-state index < -0.39 is 25.0 Å². The molecule has 0 atom stereocenters. The lowest BCUT2D eigenvalue weighted by molar-refractivity contribution is -0.274. The van der Waals surface area contributed by atoms with Gasteiger partial charge in [0.15, 0.2) is 0 Å². The lowest BCUT2D eigenvalue weighted by atomic mass is 10.1. The number of benzene rings is 1. The number of carbonyl (C=O) groups is 1. The highest BCUT2D eigenvalue weighted by atomic mass is 19.4. The van der Waals surface area contributed by atoms with E-state index in [1.165, 1.54) is 30.2 Å². The molecule has 1 saturated heterocycles. The minimum atomic E-state index is -4.81. The maximum Gasteiger partial charge on any atom is 0.573 e. The predicted octanol–water partition coefficient (Wildman–Crippen LogP) is 4.57. The summed E-state index contributed by atoms with van der Waals surface area (Å²) in [5.74, 6) is -0.546. The fraction of sp³-hybridized carbons (Fsp3) is 0.522. The molecule has 0 aromatic heterocycles. The SMILES string of the molecule is C=N/C(=N\C=C(/C)C(=O)N1CCCN(CC(F)(F)F)C1)NCc1cc(OC(F)(F)F)cc(C2CC2)c1. The van der Waals surface area contributed by atoms with E-state index in [2.05, 4.69) is 26.8 Å². The molecule has 0 bridgehead atoms. The number of rotatable bonds is 7. The first-order chi connectivity index (χ1) is 16.8. The largest absolute Gasteiger partial charge is 0.573 e. The molecule has 0 unspecified atom stereocenters. The van der Waals surface area contributed by atoms with Crippen molar-refractivity contribution in [3.05, 3.63) is 41.1 Å². The highest BCUT2D eigenvalue weighted by Crippen LogP contribution is 2.42. The van der Waals surface area contributed by atoms with Crippen molar-refractivity contribution in [2.45, 2.75) is 51.2 Å². The van der Waals surface area contributed by atoms with Crippen LogP contribution >= 0.6 is 0 Å². The van der Waals surface area contributed by atoms with Crippen LogP contribution in [0.3, 0.4) is 0 Å². The summed E-state index contributed by atoms with van der Waals surface area (Å²) in [5.41, 5.74) is 1.45. The summed E-state index contributed by atoms with van der Waals surface area (Å²) in [7, 11) is 0. The van der Waals surface area contributed by atoms with Crippen molar-refractivity contribution in [2.24, 2.45) is 9.98 Å². The Morgan fingerprint density at radius 2 is 1.92 bits per heavy atom. The van der Waals surface area contributed by atoms with E-state index in [4.69, 9.17) is 0 Å². The van der Waals surface area contributed by atoms with Gasteiger partial charge in [-0.1, -0.05) is 6.07 Å². The van der Waals surface area contributed by atoms with Crippen molar-refractivity contribution in [3.8, 4) is 5.75 Å². The van der Waals surface area contributed by atoms with Crippen molar-refractivity contribution in [1.82, 2.24) is 15.1 Å². The summed E-state index contributed by atoms with van der Waals surface area (Å²) >= 11 is 0. The van der Waals surface area contributed by atoms with E-state index in [9.17, 15) is 31.1 Å². The normalized spacial score (nSPS) is 18.2. The maximum atomic E-state index is 12.7. The standard InChI is InChI=1S/C23H27F6N5O2/c1-15(20(35)34-7-3-6-33(14-34)13-22(24,25)26)11-31-21(30-2)32-12-16-8-18(17-4-5-17)10-19(9-16)36-23(27,28)29/h8-11,17H,2-7,12-14H2,1H3,(H,31,32)/b15-11+. The zero-order chi connectivity index (χ0) is 26.5. The molecule has 2 fully saturated rings. The molecule has 1 N–H and O–H groups in total. The number of ether oxygens (including phenoxy) is 1. The molecule has 1 amide bonds. The highest BCUT2D eigenvalue weighted by molar-refractivity contribution is 5.93. The fourth-order valence-electron chi connectivity index (χ4n) is 3.84. The zero-order valence-corrected chi connectivity index (χ0v) is 19.6. The average molecular weight is 519 g/mol. The second-order valence-electron chi connectivity index (χ2n) is 8.74. The van der Waals surface area contributed by atoms with E-state index in [1.54, 1.807) is 6.07 Å². The van der Waals surface area contributed by atoms with Gasteiger partial charge in [0.25, 0.3) is 5.91 Å². The van der Waals surface area contributed by atoms with E-state index in [1.807, 2.05) is 0 Å². The molecular formula is C23H27F6N5O2. The van der Waals surface area contributed by atoms with E-state index in [-0.39, 0.29) is 43.0 Å². The molecule has 0 radical (unpaired) electrons. The molecular weight excluding hydrogens is 492 g/mol. The Morgan fingerprint density at radius 3 is 2.53 bits per heavy atom. The topological polar surface area (TPSA) is 69.5 Å². The van der Waals surface area contributed by atoms with Gasteiger partial charge in [0.1, 0.15) is 5.75 Å². The third kappa shape index (κ3) is 8.85. The van der Waals surface area contributed by atoms with Crippen LogP contribution in [0.4, 0.5) is 26.3 Å². The van der Waals surface area contributed by atoms with Gasteiger partial charge >= 0.3 is 12.5 Å². The number of guanidine groups is 1. The van der Waals surface area contributed by atoms with Crippen LogP contribution in [0.25, 0.3) is 0 Å². The zero-order valence-electron chi connectivity index (χ0n) is 19.6. The molecule has 1 aromatic rings. The minimum absolute atomic E-state index is 0.0228. The molecule has 0 spiro atoms. The predicted molar refractivity (Wildman–Crippen MR) is 122 cm³/mol. The number of carbonyl (C=O) groups excluding carboxylic acids is 1. The lowest BCUT2D eigenvalue weighted by Gasteiger charge is -2.36. The third-order valence-corrected chi connectivity index (χ3v) is 5.55. The molecule has 3 rings (SSSR count). The number of nitrogens with one attached hydrogen (secondary N) is 1. The summed E-state index contributed by atoms with van der Waals surface area (Å²) in [4.78, 5) is 22.9. The number of halogens is 6. The van der Waals surface area contributed by atoms with Crippen molar-refractivity contribution in [1.29, 1.82) is 0 Å². The second-order valence-corrected chi connectivity index (χ2v) is 8.74. The number of alkyl halides is 6. The quantitative estimate of drug-likeness (QED) is 0.248. The van der Waals surface area contributed by atoms with Crippen molar-refractivity contribution in [2.75, 3.05) is 26.3 Å². The summed E-state index contributed by atoms with van der Waals surface area (Å²) in [6.07, 6.45) is -5.73. The Hall–Kier alpha value is -3.09. The summed E-state index contributed by atoms with van der Waals surface area (Å²) in [6, 6.07) is 4.42. The van der Waals surface area contributed by atoms with Gasteiger partial charge in [0.05, 0.1) is 13.2 Å². The smallest absolute Gasteiger partial charge is 0.406 e. The molecule has 1 saturated carbocycles.